The molecule has 28 heavy (non-hydrogen) atoms. The first-order valence-electron chi connectivity index (χ1n) is 9.15. The molecule has 0 radical (unpaired) electrons. The molecule has 1 aliphatic rings. The molecule has 0 aliphatic carbocycles. The third kappa shape index (κ3) is 5.06. The van der Waals surface area contributed by atoms with E-state index in [-0.39, 0.29) is 30.1 Å². The highest BCUT2D eigenvalue weighted by molar-refractivity contribution is 5.89. The lowest BCUT2D eigenvalue weighted by atomic mass is 10.0. The van der Waals surface area contributed by atoms with Gasteiger partial charge in [0.15, 0.2) is 0 Å². The van der Waals surface area contributed by atoms with Gasteiger partial charge >= 0.3 is 6.03 Å². The van der Waals surface area contributed by atoms with Crippen molar-refractivity contribution < 1.29 is 14.5 Å². The Bertz CT molecular complexity index is 848. The zero-order valence-electron chi connectivity index (χ0n) is 15.3. The fraction of sp³-hybridized carbons (Fsp3) is 0.300. The Labute approximate surface area is 162 Å². The number of amides is 3. The Morgan fingerprint density at radius 1 is 1.04 bits per heavy atom. The fourth-order valence-corrected chi connectivity index (χ4v) is 3.24. The minimum absolute atomic E-state index is 0.0359. The number of nitrogens with one attached hydrogen (secondary N) is 2. The van der Waals surface area contributed by atoms with Crippen molar-refractivity contribution in [3.8, 4) is 0 Å². The van der Waals surface area contributed by atoms with Crippen LogP contribution in [0.25, 0.3) is 0 Å². The highest BCUT2D eigenvalue weighted by Crippen LogP contribution is 2.19. The van der Waals surface area contributed by atoms with E-state index in [9.17, 15) is 19.7 Å². The average molecular weight is 382 g/mol. The predicted octanol–water partition coefficient (Wildman–Crippen LogP) is 2.95. The molecule has 8 nitrogen and oxygen atoms in total. The molecule has 0 atom stereocenters. The maximum Gasteiger partial charge on any atom is 0.321 e. The van der Waals surface area contributed by atoms with Crippen LogP contribution in [0.3, 0.4) is 0 Å². The molecule has 2 aromatic rings. The zero-order chi connectivity index (χ0) is 19.9. The first-order valence-corrected chi connectivity index (χ1v) is 9.15. The fourth-order valence-electron chi connectivity index (χ4n) is 3.24. The van der Waals surface area contributed by atoms with E-state index in [1.165, 1.54) is 6.07 Å². The monoisotopic (exact) mass is 382 g/mol. The summed E-state index contributed by atoms with van der Waals surface area (Å²) in [7, 11) is 0. The number of anilines is 1. The second-order valence-electron chi connectivity index (χ2n) is 6.69. The molecule has 0 spiro atoms. The summed E-state index contributed by atoms with van der Waals surface area (Å²) in [5.74, 6) is -0.249. The molecule has 3 rings (SSSR count). The van der Waals surface area contributed by atoms with Crippen LogP contribution >= 0.6 is 0 Å². The van der Waals surface area contributed by atoms with Gasteiger partial charge in [0.25, 0.3) is 5.69 Å². The molecule has 8 heteroatoms. The van der Waals surface area contributed by atoms with Crippen molar-refractivity contribution in [2.24, 2.45) is 0 Å². The molecular formula is C20H22N4O4. The van der Waals surface area contributed by atoms with Gasteiger partial charge < -0.3 is 15.5 Å². The second-order valence-corrected chi connectivity index (χ2v) is 6.69. The van der Waals surface area contributed by atoms with Crippen molar-refractivity contribution in [1.29, 1.82) is 0 Å². The lowest BCUT2D eigenvalue weighted by molar-refractivity contribution is -0.385. The van der Waals surface area contributed by atoms with Crippen LogP contribution in [0.4, 0.5) is 16.2 Å². The SMILES string of the molecule is O=C(Cc1ccccc1[N+](=O)[O-])NC1CCN(C(=O)Nc2ccccc2)CC1. The minimum Gasteiger partial charge on any atom is -0.353 e. The van der Waals surface area contributed by atoms with Crippen molar-refractivity contribution >= 4 is 23.3 Å². The van der Waals surface area contributed by atoms with Crippen LogP contribution in [0, 0.1) is 10.1 Å². The molecule has 2 N–H and O–H groups in total. The van der Waals surface area contributed by atoms with E-state index in [2.05, 4.69) is 10.6 Å². The van der Waals surface area contributed by atoms with E-state index in [1.807, 2.05) is 30.3 Å². The number of benzene rings is 2. The Hall–Kier alpha value is -3.42. The van der Waals surface area contributed by atoms with Gasteiger partial charge in [-0.1, -0.05) is 36.4 Å². The molecule has 0 saturated carbocycles. The third-order valence-electron chi connectivity index (χ3n) is 4.71. The van der Waals surface area contributed by atoms with E-state index in [0.717, 1.165) is 5.69 Å². The van der Waals surface area contributed by atoms with Gasteiger partial charge in [0.1, 0.15) is 0 Å². The van der Waals surface area contributed by atoms with Crippen LogP contribution in [0.15, 0.2) is 54.6 Å². The molecule has 0 bridgehead atoms. The van der Waals surface area contributed by atoms with E-state index in [1.54, 1.807) is 23.1 Å². The third-order valence-corrected chi connectivity index (χ3v) is 4.71. The van der Waals surface area contributed by atoms with Gasteiger partial charge in [0.2, 0.25) is 5.91 Å². The highest BCUT2D eigenvalue weighted by Gasteiger charge is 2.24. The number of nitrogens with zero attached hydrogens (tertiary/aromatic N) is 2. The average Bonchev–Trinajstić information content (AvgIpc) is 2.69. The Balaban J connectivity index is 1.47. The molecule has 0 unspecified atom stereocenters. The quantitative estimate of drug-likeness (QED) is 0.613. The van der Waals surface area contributed by atoms with Crippen molar-refractivity contribution in [3.63, 3.8) is 0 Å². The molecule has 146 valence electrons. The highest BCUT2D eigenvalue weighted by atomic mass is 16.6. The van der Waals surface area contributed by atoms with Gasteiger partial charge in [-0.3, -0.25) is 14.9 Å². The van der Waals surface area contributed by atoms with Crippen molar-refractivity contribution in [3.05, 3.63) is 70.3 Å². The number of carbonyl (C=O) groups excluding carboxylic acids is 2. The van der Waals surface area contributed by atoms with E-state index in [0.29, 0.717) is 31.5 Å². The molecule has 1 aliphatic heterocycles. The maximum atomic E-state index is 12.3. The Morgan fingerprint density at radius 2 is 1.68 bits per heavy atom. The number of nitro benzene ring substituents is 1. The van der Waals surface area contributed by atoms with E-state index in [4.69, 9.17) is 0 Å². The number of nitro groups is 1. The van der Waals surface area contributed by atoms with Crippen molar-refractivity contribution in [2.75, 3.05) is 18.4 Å². The standard InChI is InChI=1S/C20H22N4O4/c25-19(14-15-6-4-5-9-18(15)24(27)28)21-17-10-12-23(13-11-17)20(26)22-16-7-2-1-3-8-16/h1-9,17H,10-14H2,(H,21,25)(H,22,26). The predicted molar refractivity (Wildman–Crippen MR) is 105 cm³/mol. The summed E-state index contributed by atoms with van der Waals surface area (Å²) in [5.41, 5.74) is 1.09. The Morgan fingerprint density at radius 3 is 2.36 bits per heavy atom. The van der Waals surface area contributed by atoms with Crippen molar-refractivity contribution in [1.82, 2.24) is 10.2 Å². The number of urea groups is 1. The van der Waals surface area contributed by atoms with E-state index >= 15 is 0 Å². The summed E-state index contributed by atoms with van der Waals surface area (Å²) in [4.78, 5) is 36.9. The molecule has 1 fully saturated rings. The van der Waals surface area contributed by atoms with E-state index < -0.39 is 4.92 Å². The lowest BCUT2D eigenvalue weighted by Crippen LogP contribution is -2.48. The first kappa shape index (κ1) is 19.3. The minimum atomic E-state index is -0.480. The zero-order valence-corrected chi connectivity index (χ0v) is 15.3. The van der Waals surface area contributed by atoms with Crippen LogP contribution in [-0.4, -0.2) is 40.9 Å². The molecule has 2 aromatic carbocycles. The summed E-state index contributed by atoms with van der Waals surface area (Å²) in [6.45, 7) is 1.07. The number of carbonyl (C=O) groups is 2. The van der Waals surface area contributed by atoms with Gasteiger partial charge in [0.05, 0.1) is 11.3 Å². The number of para-hydroxylation sites is 2. The van der Waals surface area contributed by atoms with Crippen LogP contribution in [0.5, 0.6) is 0 Å². The molecule has 1 saturated heterocycles. The number of hydrogen-bond acceptors (Lipinski definition) is 4. The summed E-state index contributed by atoms with van der Waals surface area (Å²) in [5, 5.41) is 16.8. The van der Waals surface area contributed by atoms with Gasteiger partial charge in [-0.25, -0.2) is 4.79 Å². The summed E-state index contributed by atoms with van der Waals surface area (Å²) >= 11 is 0. The van der Waals surface area contributed by atoms with Crippen LogP contribution < -0.4 is 10.6 Å². The topological polar surface area (TPSA) is 105 Å². The second kappa shape index (κ2) is 8.98. The maximum absolute atomic E-state index is 12.3. The number of piperidine rings is 1. The number of rotatable bonds is 5. The van der Waals surface area contributed by atoms with Crippen LogP contribution in [0.2, 0.25) is 0 Å². The smallest absolute Gasteiger partial charge is 0.321 e. The molecule has 0 aromatic heterocycles. The molecule has 1 heterocycles. The lowest BCUT2D eigenvalue weighted by Gasteiger charge is -2.32. The Kier molecular flexibility index (Phi) is 6.21. The first-order chi connectivity index (χ1) is 13.5. The summed E-state index contributed by atoms with van der Waals surface area (Å²) < 4.78 is 0. The van der Waals surface area contributed by atoms with Crippen molar-refractivity contribution in [2.45, 2.75) is 25.3 Å². The van der Waals surface area contributed by atoms with Crippen LogP contribution in [-0.2, 0) is 11.2 Å². The van der Waals surface area contributed by atoms with Gasteiger partial charge in [-0.2, -0.15) is 0 Å². The molecule has 3 amide bonds. The summed E-state index contributed by atoms with van der Waals surface area (Å²) in [6, 6.07) is 15.3. The summed E-state index contributed by atoms with van der Waals surface area (Å²) in [6.07, 6.45) is 1.25. The number of likely N-dealkylation sites (tertiary alicyclic amines) is 1. The van der Waals surface area contributed by atoms with Gasteiger partial charge in [-0.15, -0.1) is 0 Å². The van der Waals surface area contributed by atoms with Gasteiger partial charge in [0, 0.05) is 36.4 Å². The normalized spacial score (nSPS) is 14.4. The van der Waals surface area contributed by atoms with Crippen LogP contribution in [0.1, 0.15) is 18.4 Å². The largest absolute Gasteiger partial charge is 0.353 e. The molecular weight excluding hydrogens is 360 g/mol. The number of hydrogen-bond donors (Lipinski definition) is 2. The van der Waals surface area contributed by atoms with Gasteiger partial charge in [-0.05, 0) is 25.0 Å².